The van der Waals surface area contributed by atoms with Gasteiger partial charge in [-0.15, -0.1) is 11.3 Å². The Hall–Kier alpha value is -2.25. The fourth-order valence-electron chi connectivity index (χ4n) is 1.87. The highest BCUT2D eigenvalue weighted by Gasteiger charge is 2.21. The number of thiazole rings is 1. The van der Waals surface area contributed by atoms with E-state index in [1.165, 1.54) is 11.3 Å². The number of esters is 1. The number of carbonyl (C=O) groups excluding carboxylic acids is 1. The lowest BCUT2D eigenvalue weighted by Crippen LogP contribution is -2.10. The van der Waals surface area contributed by atoms with Crippen LogP contribution in [-0.4, -0.2) is 21.1 Å². The van der Waals surface area contributed by atoms with Crippen molar-refractivity contribution in [2.24, 2.45) is 0 Å². The largest absolute Gasteiger partial charge is 0.448 e. The molecule has 2 heterocycles. The average Bonchev–Trinajstić information content (AvgIpc) is 3.16. The van der Waals surface area contributed by atoms with Crippen molar-refractivity contribution in [2.75, 3.05) is 0 Å². The molecule has 118 valence electrons. The van der Waals surface area contributed by atoms with Crippen molar-refractivity contribution in [3.05, 3.63) is 52.1 Å². The first-order valence-electron chi connectivity index (χ1n) is 6.75. The lowest BCUT2D eigenvalue weighted by Gasteiger charge is -2.07. The highest BCUT2D eigenvalue weighted by molar-refractivity contribution is 7.13. The van der Waals surface area contributed by atoms with Gasteiger partial charge in [-0.25, -0.2) is 9.78 Å². The summed E-state index contributed by atoms with van der Waals surface area (Å²) in [6.45, 7) is 3.36. The molecule has 2 aromatic heterocycles. The number of aromatic nitrogens is 3. The third-order valence-electron chi connectivity index (χ3n) is 2.96. The minimum Gasteiger partial charge on any atom is -0.448 e. The van der Waals surface area contributed by atoms with Crippen LogP contribution < -0.4 is 0 Å². The van der Waals surface area contributed by atoms with E-state index in [2.05, 4.69) is 15.1 Å². The van der Waals surface area contributed by atoms with E-state index in [1.807, 2.05) is 12.1 Å². The van der Waals surface area contributed by atoms with Crippen LogP contribution in [0.5, 0.6) is 0 Å². The summed E-state index contributed by atoms with van der Waals surface area (Å²) in [5, 5.41) is 6.62. The number of carbonyl (C=O) groups is 1. The fraction of sp³-hybridized carbons (Fsp3) is 0.200. The van der Waals surface area contributed by atoms with E-state index >= 15 is 0 Å². The van der Waals surface area contributed by atoms with Crippen LogP contribution in [0, 0.1) is 6.92 Å². The quantitative estimate of drug-likeness (QED) is 0.660. The van der Waals surface area contributed by atoms with Gasteiger partial charge in [-0.1, -0.05) is 28.9 Å². The van der Waals surface area contributed by atoms with Crippen molar-refractivity contribution in [3.63, 3.8) is 0 Å². The van der Waals surface area contributed by atoms with Gasteiger partial charge in [-0.3, -0.25) is 0 Å². The Kier molecular flexibility index (Phi) is 4.40. The smallest absolute Gasteiger partial charge is 0.358 e. The second-order valence-corrected chi connectivity index (χ2v) is 6.07. The number of ether oxygens (including phenoxy) is 1. The Labute approximate surface area is 141 Å². The minimum atomic E-state index is -0.639. The van der Waals surface area contributed by atoms with Gasteiger partial charge in [0.25, 0.3) is 5.89 Å². The van der Waals surface area contributed by atoms with E-state index in [-0.39, 0.29) is 11.6 Å². The SMILES string of the molecule is Cc1noc(C(C)OC(=O)c2csc(-c3cccc(Cl)c3)n2)n1. The second-order valence-electron chi connectivity index (χ2n) is 4.78. The molecule has 23 heavy (non-hydrogen) atoms. The van der Waals surface area contributed by atoms with E-state index in [0.29, 0.717) is 15.9 Å². The van der Waals surface area contributed by atoms with Crippen LogP contribution in [0.4, 0.5) is 0 Å². The molecule has 1 unspecified atom stereocenters. The molecule has 1 atom stereocenters. The molecule has 0 N–H and O–H groups in total. The van der Waals surface area contributed by atoms with Crippen LogP contribution in [0.25, 0.3) is 10.6 Å². The summed E-state index contributed by atoms with van der Waals surface area (Å²) >= 11 is 7.31. The summed E-state index contributed by atoms with van der Waals surface area (Å²) in [6.07, 6.45) is -0.639. The monoisotopic (exact) mass is 349 g/mol. The van der Waals surface area contributed by atoms with Gasteiger partial charge in [-0.05, 0) is 26.0 Å². The Morgan fingerprint density at radius 1 is 1.39 bits per heavy atom. The topological polar surface area (TPSA) is 78.1 Å². The van der Waals surface area contributed by atoms with Gasteiger partial charge >= 0.3 is 5.97 Å². The van der Waals surface area contributed by atoms with Crippen LogP contribution in [-0.2, 0) is 4.74 Å². The highest BCUT2D eigenvalue weighted by Crippen LogP contribution is 2.27. The molecule has 8 heteroatoms. The first kappa shape index (κ1) is 15.6. The minimum absolute atomic E-state index is 0.230. The van der Waals surface area contributed by atoms with Crippen molar-refractivity contribution in [1.29, 1.82) is 0 Å². The van der Waals surface area contributed by atoms with Crippen molar-refractivity contribution in [1.82, 2.24) is 15.1 Å². The van der Waals surface area contributed by atoms with Crippen molar-refractivity contribution >= 4 is 28.9 Å². The zero-order valence-corrected chi connectivity index (χ0v) is 13.9. The molecule has 3 aromatic rings. The number of halogens is 1. The molecule has 1 aromatic carbocycles. The molecule has 0 radical (unpaired) electrons. The number of aryl methyl sites for hydroxylation is 1. The van der Waals surface area contributed by atoms with E-state index in [1.54, 1.807) is 31.4 Å². The number of benzene rings is 1. The third-order valence-corrected chi connectivity index (χ3v) is 4.09. The molecule has 0 saturated carbocycles. The van der Waals surface area contributed by atoms with Gasteiger partial charge in [0.15, 0.2) is 17.6 Å². The first-order valence-corrected chi connectivity index (χ1v) is 8.01. The third kappa shape index (κ3) is 3.57. The second kappa shape index (κ2) is 6.47. The van der Waals surface area contributed by atoms with Gasteiger partial charge in [-0.2, -0.15) is 4.98 Å². The van der Waals surface area contributed by atoms with E-state index in [9.17, 15) is 4.79 Å². The summed E-state index contributed by atoms with van der Waals surface area (Å²) in [5.41, 5.74) is 1.08. The van der Waals surface area contributed by atoms with Crippen molar-refractivity contribution in [3.8, 4) is 10.6 Å². The van der Waals surface area contributed by atoms with Crippen LogP contribution in [0.1, 0.15) is 35.2 Å². The van der Waals surface area contributed by atoms with Crippen LogP contribution in [0.2, 0.25) is 5.02 Å². The highest BCUT2D eigenvalue weighted by atomic mass is 35.5. The molecule has 0 aliphatic rings. The molecular formula is C15H12ClN3O3S. The molecule has 6 nitrogen and oxygen atoms in total. The summed E-state index contributed by atoms with van der Waals surface area (Å²) in [5.74, 6) is 0.193. The van der Waals surface area contributed by atoms with Gasteiger partial charge < -0.3 is 9.26 Å². The van der Waals surface area contributed by atoms with E-state index in [0.717, 1.165) is 5.56 Å². The lowest BCUT2D eigenvalue weighted by atomic mass is 10.2. The van der Waals surface area contributed by atoms with Crippen LogP contribution in [0.15, 0.2) is 34.2 Å². The number of hydrogen-bond donors (Lipinski definition) is 0. The Bertz CT molecular complexity index is 846. The van der Waals surface area contributed by atoms with Crippen LogP contribution >= 0.6 is 22.9 Å². The molecular weight excluding hydrogens is 338 g/mol. The van der Waals surface area contributed by atoms with Gasteiger partial charge in [0.1, 0.15) is 5.01 Å². The molecule has 0 amide bonds. The molecule has 0 saturated heterocycles. The summed E-state index contributed by atoms with van der Waals surface area (Å²) < 4.78 is 10.3. The maximum atomic E-state index is 12.2. The van der Waals surface area contributed by atoms with Crippen LogP contribution in [0.3, 0.4) is 0 Å². The Morgan fingerprint density at radius 2 is 2.22 bits per heavy atom. The Balaban J connectivity index is 1.73. The number of hydrogen-bond acceptors (Lipinski definition) is 7. The van der Waals surface area contributed by atoms with E-state index in [4.69, 9.17) is 20.9 Å². The zero-order valence-electron chi connectivity index (χ0n) is 12.3. The standard InChI is InChI=1S/C15H12ClN3O3S/c1-8(13-17-9(2)19-22-13)21-15(20)12-7-23-14(18-12)10-4-3-5-11(16)6-10/h3-8H,1-2H3. The molecule has 3 rings (SSSR count). The molecule has 0 fully saturated rings. The Morgan fingerprint density at radius 3 is 2.91 bits per heavy atom. The maximum absolute atomic E-state index is 12.2. The summed E-state index contributed by atoms with van der Waals surface area (Å²) in [7, 11) is 0. The molecule has 0 bridgehead atoms. The maximum Gasteiger partial charge on any atom is 0.358 e. The predicted molar refractivity (Wildman–Crippen MR) is 85.4 cm³/mol. The predicted octanol–water partition coefficient (Wildman–Crippen LogP) is 4.07. The molecule has 0 aliphatic carbocycles. The molecule has 0 aliphatic heterocycles. The van der Waals surface area contributed by atoms with Crippen molar-refractivity contribution < 1.29 is 14.1 Å². The van der Waals surface area contributed by atoms with E-state index < -0.39 is 12.1 Å². The summed E-state index contributed by atoms with van der Waals surface area (Å²) in [6, 6.07) is 7.28. The first-order chi connectivity index (χ1) is 11.0. The summed E-state index contributed by atoms with van der Waals surface area (Å²) in [4.78, 5) is 20.5. The number of nitrogens with zero attached hydrogens (tertiary/aromatic N) is 3. The normalized spacial score (nSPS) is 12.1. The number of rotatable bonds is 4. The average molecular weight is 350 g/mol. The zero-order chi connectivity index (χ0) is 16.4. The molecule has 0 spiro atoms. The lowest BCUT2D eigenvalue weighted by molar-refractivity contribution is 0.0259. The van der Waals surface area contributed by atoms with Crippen molar-refractivity contribution in [2.45, 2.75) is 20.0 Å². The van der Waals surface area contributed by atoms with Gasteiger partial charge in [0.2, 0.25) is 0 Å². The van der Waals surface area contributed by atoms with Gasteiger partial charge in [0, 0.05) is 16.0 Å². The fourth-order valence-corrected chi connectivity index (χ4v) is 2.85. The van der Waals surface area contributed by atoms with Gasteiger partial charge in [0.05, 0.1) is 0 Å².